The summed E-state index contributed by atoms with van der Waals surface area (Å²) in [5, 5.41) is 10.5. The highest BCUT2D eigenvalue weighted by Crippen LogP contribution is 2.43. The average Bonchev–Trinajstić information content (AvgIpc) is 3.23. The summed E-state index contributed by atoms with van der Waals surface area (Å²) < 4.78 is 38.3. The van der Waals surface area contributed by atoms with Crippen LogP contribution in [0, 0.1) is 27.1 Å². The van der Waals surface area contributed by atoms with Crippen LogP contribution in [-0.2, 0) is 38.0 Å². The van der Waals surface area contributed by atoms with Crippen LogP contribution < -0.4 is 0 Å². The topological polar surface area (TPSA) is 110 Å². The van der Waals surface area contributed by atoms with Crippen molar-refractivity contribution in [2.75, 3.05) is 13.2 Å². The lowest BCUT2D eigenvalue weighted by molar-refractivity contribution is -0.432. The van der Waals surface area contributed by atoms with Crippen LogP contribution in [0.25, 0.3) is 0 Å². The van der Waals surface area contributed by atoms with Crippen LogP contribution in [0.1, 0.15) is 117 Å². The Hall–Kier alpha value is -5.16. The van der Waals surface area contributed by atoms with Gasteiger partial charge < -0.3 is 33.5 Å². The van der Waals surface area contributed by atoms with Gasteiger partial charge in [-0.3, -0.25) is 9.59 Å². The summed E-state index contributed by atoms with van der Waals surface area (Å²) in [4.78, 5) is 23.5. The Morgan fingerprint density at radius 3 is 1.00 bits per heavy atom. The Kier molecular flexibility index (Phi) is 19.3. The van der Waals surface area contributed by atoms with E-state index in [9.17, 15) is 14.7 Å². The third-order valence-electron chi connectivity index (χ3n) is 12.7. The standard InChI is InChI=1S/C48H64O6.C15H22O3/c1-30-25-34(44(5,6)7)17-21-38(30)51-42(29-43(49)50)48(52-39-22-18-35(26-31(39)2)45(8,9)10,53-40-23-19-36(27-32(40)3)46(11,12)13)54-41-24-20-37(28-33(41)4)47(14,15)16;1-11-10-13(15(3,4)5)6-7-14(11)18-9-8-17-12(2)16/h17-28,38-42H,1-4,29H2,5-16H3,(H,49,50);6-7,10,14H,1,8-9H2,2-5H3. The van der Waals surface area contributed by atoms with Crippen molar-refractivity contribution >= 4 is 11.9 Å². The zero-order valence-electron chi connectivity index (χ0n) is 46.5. The van der Waals surface area contributed by atoms with Crippen molar-refractivity contribution in [1.82, 2.24) is 0 Å². The molecule has 0 radical (unpaired) electrons. The number of rotatable bonds is 15. The van der Waals surface area contributed by atoms with Gasteiger partial charge in [-0.25, -0.2) is 0 Å². The molecule has 1 N–H and O–H groups in total. The van der Waals surface area contributed by atoms with E-state index in [4.69, 9.17) is 28.4 Å². The molecule has 0 aromatic rings. The predicted molar refractivity (Wildman–Crippen MR) is 294 cm³/mol. The second kappa shape index (κ2) is 23.4. The number of hydrogen-bond acceptors (Lipinski definition) is 8. The summed E-state index contributed by atoms with van der Waals surface area (Å²) in [5.41, 5.74) is 8.72. The van der Waals surface area contributed by atoms with E-state index in [1.54, 1.807) is 0 Å². The van der Waals surface area contributed by atoms with Gasteiger partial charge in [0.1, 0.15) is 37.1 Å². The molecule has 0 aliphatic heterocycles. The monoisotopic (exact) mass is 987 g/mol. The minimum absolute atomic E-state index is 0.113. The van der Waals surface area contributed by atoms with E-state index in [-0.39, 0.29) is 45.8 Å². The first-order valence-electron chi connectivity index (χ1n) is 25.1. The van der Waals surface area contributed by atoms with Gasteiger partial charge in [0.25, 0.3) is 0 Å². The summed E-state index contributed by atoms with van der Waals surface area (Å²) in [7, 11) is 0. The molecule has 0 saturated carbocycles. The van der Waals surface area contributed by atoms with E-state index in [2.05, 4.69) is 149 Å². The van der Waals surface area contributed by atoms with Crippen molar-refractivity contribution < 1.29 is 43.1 Å². The maximum atomic E-state index is 12.9. The van der Waals surface area contributed by atoms with E-state index >= 15 is 0 Å². The molecule has 72 heavy (non-hydrogen) atoms. The summed E-state index contributed by atoms with van der Waals surface area (Å²) in [6.45, 7) is 55.6. The molecule has 0 heterocycles. The van der Waals surface area contributed by atoms with Gasteiger partial charge >= 0.3 is 17.9 Å². The minimum atomic E-state index is -2.14. The van der Waals surface area contributed by atoms with E-state index in [1.165, 1.54) is 12.5 Å². The number of esters is 1. The van der Waals surface area contributed by atoms with Crippen molar-refractivity contribution in [2.45, 2.75) is 160 Å². The third-order valence-corrected chi connectivity index (χ3v) is 12.7. The second-order valence-corrected chi connectivity index (χ2v) is 24.4. The largest absolute Gasteiger partial charge is 0.481 e. The number of carbonyl (C=O) groups excluding carboxylic acids is 1. The number of carboxylic acid groups (broad SMARTS) is 1. The van der Waals surface area contributed by atoms with Crippen LogP contribution in [-0.4, -0.2) is 72.9 Å². The van der Waals surface area contributed by atoms with Crippen molar-refractivity contribution in [3.05, 3.63) is 180 Å². The molecule has 6 unspecified atom stereocenters. The van der Waals surface area contributed by atoms with Crippen LogP contribution in [0.3, 0.4) is 0 Å². The van der Waals surface area contributed by atoms with Gasteiger partial charge in [0.15, 0.2) is 6.10 Å². The smallest absolute Gasteiger partial charge is 0.314 e. The molecule has 5 aliphatic rings. The zero-order valence-corrected chi connectivity index (χ0v) is 46.5. The molecular weight excluding hydrogens is 901 g/mol. The SMILES string of the molecule is C=C1C=C(C(C)(C)C)C=CC1OC(CC(=O)O)C(OC1C=CC(C(C)(C)C)=CC1=C)(OC1C=CC(C(C)(C)C)=CC1=C)OC1C=CC(C(C)(C)C)=CC1=C.C=C1C=C(C(C)(C)C)C=CC1OCCOC(C)=O. The molecular formula is C63H86O9. The first kappa shape index (κ1) is 59.4. The fourth-order valence-corrected chi connectivity index (χ4v) is 7.99. The quantitative estimate of drug-likeness (QED) is 0.0974. The highest BCUT2D eigenvalue weighted by atomic mass is 16.9. The average molecular weight is 987 g/mol. The Morgan fingerprint density at radius 1 is 0.472 bits per heavy atom. The van der Waals surface area contributed by atoms with Crippen molar-refractivity contribution in [2.24, 2.45) is 27.1 Å². The molecule has 0 saturated heterocycles. The van der Waals surface area contributed by atoms with Gasteiger partial charge in [-0.15, -0.1) is 0 Å². The minimum Gasteiger partial charge on any atom is -0.481 e. The van der Waals surface area contributed by atoms with E-state index < -0.39 is 48.9 Å². The van der Waals surface area contributed by atoms with Gasteiger partial charge in [0.05, 0.1) is 13.0 Å². The van der Waals surface area contributed by atoms with Crippen LogP contribution in [0.15, 0.2) is 180 Å². The molecule has 0 amide bonds. The fraction of sp³-hybridized carbons (Fsp3) is 0.492. The Bertz CT molecular complexity index is 2290. The van der Waals surface area contributed by atoms with E-state index in [1.807, 2.05) is 79.0 Å². The molecule has 6 atom stereocenters. The lowest BCUT2D eigenvalue weighted by Gasteiger charge is -2.46. The molecule has 0 aromatic carbocycles. The number of ether oxygens (including phenoxy) is 6. The van der Waals surface area contributed by atoms with Gasteiger partial charge in [-0.05, 0) is 82.8 Å². The van der Waals surface area contributed by atoms with Crippen molar-refractivity contribution in [3.8, 4) is 0 Å². The summed E-state index contributed by atoms with van der Waals surface area (Å²) in [6, 6.07) is 0. The van der Waals surface area contributed by atoms with Gasteiger partial charge in [-0.1, -0.05) is 228 Å². The first-order valence-corrected chi connectivity index (χ1v) is 25.1. The highest BCUT2D eigenvalue weighted by molar-refractivity contribution is 5.67. The van der Waals surface area contributed by atoms with Crippen molar-refractivity contribution in [3.63, 3.8) is 0 Å². The molecule has 5 rings (SSSR count). The molecule has 5 aliphatic carbocycles. The van der Waals surface area contributed by atoms with Crippen LogP contribution in [0.2, 0.25) is 0 Å². The Balaban J connectivity index is 0.000000525. The van der Waals surface area contributed by atoms with Crippen molar-refractivity contribution in [1.29, 1.82) is 0 Å². The lowest BCUT2D eigenvalue weighted by Crippen LogP contribution is -2.58. The van der Waals surface area contributed by atoms with Gasteiger partial charge in [-0.2, -0.15) is 0 Å². The summed E-state index contributed by atoms with van der Waals surface area (Å²) >= 11 is 0. The number of carboxylic acids is 1. The molecule has 9 heteroatoms. The maximum Gasteiger partial charge on any atom is 0.314 e. The van der Waals surface area contributed by atoms with E-state index in [0.29, 0.717) is 28.9 Å². The highest BCUT2D eigenvalue weighted by Gasteiger charge is 2.52. The first-order chi connectivity index (χ1) is 33.0. The Labute approximate surface area is 433 Å². The molecule has 0 bridgehead atoms. The number of allylic oxidation sites excluding steroid dienone is 10. The number of carbonyl (C=O) groups is 2. The predicted octanol–water partition coefficient (Wildman–Crippen LogP) is 14.5. The summed E-state index contributed by atoms with van der Waals surface area (Å²) in [5.74, 6) is -3.54. The third kappa shape index (κ3) is 16.7. The molecule has 0 fully saturated rings. The fourth-order valence-electron chi connectivity index (χ4n) is 7.99. The van der Waals surface area contributed by atoms with Crippen LogP contribution in [0.5, 0.6) is 0 Å². The summed E-state index contributed by atoms with van der Waals surface area (Å²) in [6.07, 6.45) is 24.9. The van der Waals surface area contributed by atoms with Gasteiger partial charge in [0, 0.05) is 6.92 Å². The van der Waals surface area contributed by atoms with Crippen LogP contribution >= 0.6 is 0 Å². The Morgan fingerprint density at radius 2 is 0.750 bits per heavy atom. The molecule has 0 spiro atoms. The normalized spacial score (nSPS) is 24.1. The number of hydrogen-bond donors (Lipinski definition) is 1. The molecule has 9 nitrogen and oxygen atoms in total. The van der Waals surface area contributed by atoms with Crippen LogP contribution in [0.4, 0.5) is 0 Å². The lowest BCUT2D eigenvalue weighted by atomic mass is 9.82. The second-order valence-electron chi connectivity index (χ2n) is 24.4. The maximum absolute atomic E-state index is 12.9. The number of aliphatic carboxylic acids is 1. The molecule has 0 aromatic heterocycles. The molecule has 392 valence electrons. The van der Waals surface area contributed by atoms with E-state index in [0.717, 1.165) is 27.9 Å². The zero-order chi connectivity index (χ0) is 54.4. The van der Waals surface area contributed by atoms with Gasteiger partial charge in [0.2, 0.25) is 0 Å².